The van der Waals surface area contributed by atoms with E-state index in [0.29, 0.717) is 41.1 Å². The molecule has 0 aliphatic carbocycles. The highest BCUT2D eigenvalue weighted by Crippen LogP contribution is 2.32. The number of methoxy groups -OCH3 is 3. The van der Waals surface area contributed by atoms with Crippen LogP contribution in [-0.4, -0.2) is 31.8 Å². The SMILES string of the molecule is COc1ccc(CCc2cc3cc(OC)c(OC)cc3n(CC(=O)Nc3ccc(C)cc3)c2=O)cc1. The minimum absolute atomic E-state index is 0.130. The summed E-state index contributed by atoms with van der Waals surface area (Å²) in [6.07, 6.45) is 1.20. The maximum absolute atomic E-state index is 13.6. The minimum atomic E-state index is -0.288. The summed E-state index contributed by atoms with van der Waals surface area (Å²) in [6, 6.07) is 20.8. The molecule has 1 N–H and O–H groups in total. The maximum Gasteiger partial charge on any atom is 0.254 e. The predicted molar refractivity (Wildman–Crippen MR) is 142 cm³/mol. The van der Waals surface area contributed by atoms with E-state index in [9.17, 15) is 9.59 Å². The third-order valence-corrected chi connectivity index (χ3v) is 6.15. The monoisotopic (exact) mass is 486 g/mol. The number of benzene rings is 3. The second-order valence-electron chi connectivity index (χ2n) is 8.59. The van der Waals surface area contributed by atoms with Crippen molar-refractivity contribution >= 4 is 22.5 Å². The van der Waals surface area contributed by atoms with Gasteiger partial charge in [0.25, 0.3) is 5.56 Å². The van der Waals surface area contributed by atoms with Crippen molar-refractivity contribution in [1.82, 2.24) is 4.57 Å². The first-order chi connectivity index (χ1) is 17.4. The van der Waals surface area contributed by atoms with Crippen LogP contribution in [0.1, 0.15) is 16.7 Å². The number of nitrogens with one attached hydrogen (secondary N) is 1. The molecule has 1 aromatic heterocycles. The summed E-state index contributed by atoms with van der Waals surface area (Å²) >= 11 is 0. The van der Waals surface area contributed by atoms with Gasteiger partial charge in [-0.25, -0.2) is 0 Å². The van der Waals surface area contributed by atoms with Crippen LogP contribution in [0.3, 0.4) is 0 Å². The third kappa shape index (κ3) is 5.51. The molecule has 0 radical (unpaired) electrons. The molecule has 1 amide bonds. The molecule has 0 spiro atoms. The summed E-state index contributed by atoms with van der Waals surface area (Å²) in [5, 5.41) is 3.67. The Hall–Kier alpha value is -4.26. The average molecular weight is 487 g/mol. The minimum Gasteiger partial charge on any atom is -0.497 e. The molecular formula is C29H30N2O5. The molecule has 0 aliphatic rings. The Morgan fingerprint density at radius 2 is 1.50 bits per heavy atom. The van der Waals surface area contributed by atoms with E-state index in [4.69, 9.17) is 14.2 Å². The van der Waals surface area contributed by atoms with Gasteiger partial charge >= 0.3 is 0 Å². The number of hydrogen-bond donors (Lipinski definition) is 1. The summed E-state index contributed by atoms with van der Waals surface area (Å²) in [4.78, 5) is 26.5. The Balaban J connectivity index is 1.70. The molecule has 1 heterocycles. The first-order valence-corrected chi connectivity index (χ1v) is 11.7. The number of aryl methyl sites for hydroxylation is 3. The fourth-order valence-corrected chi connectivity index (χ4v) is 4.15. The number of ether oxygens (including phenoxy) is 3. The molecule has 0 aliphatic heterocycles. The highest BCUT2D eigenvalue weighted by atomic mass is 16.5. The van der Waals surface area contributed by atoms with Crippen LogP contribution in [0.5, 0.6) is 17.2 Å². The zero-order chi connectivity index (χ0) is 25.7. The zero-order valence-corrected chi connectivity index (χ0v) is 21.0. The van der Waals surface area contributed by atoms with Gasteiger partial charge in [0.15, 0.2) is 11.5 Å². The van der Waals surface area contributed by atoms with E-state index in [2.05, 4.69) is 5.32 Å². The van der Waals surface area contributed by atoms with Crippen molar-refractivity contribution in [2.45, 2.75) is 26.3 Å². The number of amides is 1. The van der Waals surface area contributed by atoms with Gasteiger partial charge in [-0.05, 0) is 61.7 Å². The summed E-state index contributed by atoms with van der Waals surface area (Å²) in [6.45, 7) is 1.85. The first-order valence-electron chi connectivity index (χ1n) is 11.7. The number of aromatic nitrogens is 1. The Kier molecular flexibility index (Phi) is 7.59. The number of nitrogens with zero attached hydrogens (tertiary/aromatic N) is 1. The molecule has 0 atom stereocenters. The second kappa shape index (κ2) is 11.0. The van der Waals surface area contributed by atoms with Crippen molar-refractivity contribution in [3.63, 3.8) is 0 Å². The quantitative estimate of drug-likeness (QED) is 0.369. The van der Waals surface area contributed by atoms with Gasteiger partial charge in [0.1, 0.15) is 12.3 Å². The average Bonchev–Trinajstić information content (AvgIpc) is 2.90. The molecule has 0 bridgehead atoms. The van der Waals surface area contributed by atoms with Gasteiger partial charge in [-0.15, -0.1) is 0 Å². The number of anilines is 1. The van der Waals surface area contributed by atoms with E-state index < -0.39 is 0 Å². The van der Waals surface area contributed by atoms with Crippen molar-refractivity contribution < 1.29 is 19.0 Å². The van der Waals surface area contributed by atoms with Crippen molar-refractivity contribution in [2.75, 3.05) is 26.6 Å². The van der Waals surface area contributed by atoms with Crippen LogP contribution in [0.2, 0.25) is 0 Å². The molecule has 7 heteroatoms. The number of carbonyl (C=O) groups excluding carboxylic acids is 1. The van der Waals surface area contributed by atoms with Crippen molar-refractivity contribution in [3.8, 4) is 17.2 Å². The van der Waals surface area contributed by atoms with Crippen LogP contribution >= 0.6 is 0 Å². The van der Waals surface area contributed by atoms with E-state index in [1.807, 2.05) is 67.6 Å². The van der Waals surface area contributed by atoms with Crippen LogP contribution in [0.15, 0.2) is 71.5 Å². The normalized spacial score (nSPS) is 10.8. The standard InChI is InChI=1S/C29H30N2O5/c1-19-5-11-23(12-6-19)30-28(32)18-31-25-17-27(36-4)26(35-3)16-22(25)15-21(29(31)33)10-7-20-8-13-24(34-2)14-9-20/h5-6,8-9,11-17H,7,10,18H2,1-4H3,(H,30,32). The van der Waals surface area contributed by atoms with E-state index in [0.717, 1.165) is 22.3 Å². The summed E-state index contributed by atoms with van der Waals surface area (Å²) in [5.41, 5.74) is 3.88. The smallest absolute Gasteiger partial charge is 0.254 e. The topological polar surface area (TPSA) is 78.8 Å². The van der Waals surface area contributed by atoms with Gasteiger partial charge in [-0.1, -0.05) is 29.8 Å². The van der Waals surface area contributed by atoms with Crippen LogP contribution in [0.25, 0.3) is 10.9 Å². The number of rotatable bonds is 9. The van der Waals surface area contributed by atoms with Gasteiger partial charge in [-0.3, -0.25) is 14.2 Å². The number of hydrogen-bond acceptors (Lipinski definition) is 5. The summed E-state index contributed by atoms with van der Waals surface area (Å²) in [7, 11) is 4.74. The third-order valence-electron chi connectivity index (χ3n) is 6.15. The molecule has 4 aromatic rings. The largest absolute Gasteiger partial charge is 0.497 e. The van der Waals surface area contributed by atoms with Gasteiger partial charge in [0.2, 0.25) is 5.91 Å². The molecule has 0 fully saturated rings. The first kappa shape index (κ1) is 24.9. The van der Waals surface area contributed by atoms with Gasteiger partial charge in [0.05, 0.1) is 26.8 Å². The van der Waals surface area contributed by atoms with Gasteiger partial charge < -0.3 is 19.5 Å². The Morgan fingerprint density at radius 1 is 0.833 bits per heavy atom. The van der Waals surface area contributed by atoms with E-state index in [1.165, 1.54) is 4.57 Å². The molecule has 0 saturated heterocycles. The highest BCUT2D eigenvalue weighted by Gasteiger charge is 2.16. The molecule has 4 rings (SSSR count). The molecular weight excluding hydrogens is 456 g/mol. The second-order valence-corrected chi connectivity index (χ2v) is 8.59. The molecule has 0 saturated carbocycles. The van der Waals surface area contributed by atoms with Crippen molar-refractivity contribution in [1.29, 1.82) is 0 Å². The molecule has 3 aromatic carbocycles. The van der Waals surface area contributed by atoms with E-state index in [-0.39, 0.29) is 18.0 Å². The summed E-state index contributed by atoms with van der Waals surface area (Å²) < 4.78 is 17.7. The van der Waals surface area contributed by atoms with Gasteiger partial charge in [-0.2, -0.15) is 0 Å². The molecule has 36 heavy (non-hydrogen) atoms. The molecule has 186 valence electrons. The van der Waals surface area contributed by atoms with Gasteiger partial charge in [0, 0.05) is 22.7 Å². The Bertz CT molecular complexity index is 1420. The fourth-order valence-electron chi connectivity index (χ4n) is 4.15. The van der Waals surface area contributed by atoms with Crippen LogP contribution in [0.4, 0.5) is 5.69 Å². The summed E-state index contributed by atoms with van der Waals surface area (Å²) in [5.74, 6) is 1.54. The van der Waals surface area contributed by atoms with E-state index >= 15 is 0 Å². The lowest BCUT2D eigenvalue weighted by atomic mass is 10.0. The van der Waals surface area contributed by atoms with Crippen molar-refractivity contribution in [2.24, 2.45) is 0 Å². The maximum atomic E-state index is 13.6. The highest BCUT2D eigenvalue weighted by molar-refractivity contribution is 5.92. The lowest BCUT2D eigenvalue weighted by Crippen LogP contribution is -2.30. The number of carbonyl (C=O) groups is 1. The Labute approximate surface area is 210 Å². The van der Waals surface area contributed by atoms with Crippen LogP contribution < -0.4 is 25.1 Å². The molecule has 7 nitrogen and oxygen atoms in total. The lowest BCUT2D eigenvalue weighted by Gasteiger charge is -2.16. The van der Waals surface area contributed by atoms with Crippen LogP contribution in [0, 0.1) is 6.92 Å². The number of pyridine rings is 1. The van der Waals surface area contributed by atoms with E-state index in [1.54, 1.807) is 27.4 Å². The lowest BCUT2D eigenvalue weighted by molar-refractivity contribution is -0.116. The zero-order valence-electron chi connectivity index (χ0n) is 21.0. The predicted octanol–water partition coefficient (Wildman–Crippen LogP) is 4.76. The fraction of sp³-hybridized carbons (Fsp3) is 0.241. The Morgan fingerprint density at radius 3 is 2.14 bits per heavy atom. The molecule has 0 unspecified atom stereocenters. The number of fused-ring (bicyclic) bond motifs is 1. The van der Waals surface area contributed by atoms with Crippen LogP contribution in [-0.2, 0) is 24.2 Å². The van der Waals surface area contributed by atoms with Crippen molar-refractivity contribution in [3.05, 3.63) is 93.8 Å².